The lowest BCUT2D eigenvalue weighted by Gasteiger charge is -2.06. The van der Waals surface area contributed by atoms with E-state index in [1.165, 1.54) is 0 Å². The summed E-state index contributed by atoms with van der Waals surface area (Å²) in [7, 11) is -1.75. The van der Waals surface area contributed by atoms with Gasteiger partial charge in [-0.05, 0) is 20.4 Å². The molecule has 0 saturated carbocycles. The van der Waals surface area contributed by atoms with E-state index in [1.807, 2.05) is 10.8 Å². The van der Waals surface area contributed by atoms with Gasteiger partial charge in [-0.1, -0.05) is 0 Å². The first-order chi connectivity index (χ1) is 10.0. The topological polar surface area (TPSA) is 89.2 Å². The van der Waals surface area contributed by atoms with Gasteiger partial charge in [-0.2, -0.15) is 0 Å². The Morgan fingerprint density at radius 3 is 2.90 bits per heavy atom. The van der Waals surface area contributed by atoms with E-state index >= 15 is 0 Å². The van der Waals surface area contributed by atoms with E-state index in [-0.39, 0.29) is 4.90 Å². The quantitative estimate of drug-likeness (QED) is 0.706. The highest BCUT2D eigenvalue weighted by Crippen LogP contribution is 2.19. The van der Waals surface area contributed by atoms with Crippen LogP contribution in [0.5, 0.6) is 0 Å². The van der Waals surface area contributed by atoms with Gasteiger partial charge in [0.15, 0.2) is 0 Å². The third-order valence-electron chi connectivity index (χ3n) is 3.01. The predicted octanol–water partition coefficient (Wildman–Crippen LogP) is 0.873. The molecular formula is C13H20N4O3S. The Labute approximate surface area is 124 Å². The fraction of sp³-hybridized carbons (Fsp3) is 0.462. The zero-order valence-electron chi connectivity index (χ0n) is 12.2. The maximum atomic E-state index is 12.2. The van der Waals surface area contributed by atoms with Crippen molar-refractivity contribution in [3.63, 3.8) is 0 Å². The van der Waals surface area contributed by atoms with Crippen LogP contribution in [0.4, 0.5) is 0 Å². The zero-order valence-corrected chi connectivity index (χ0v) is 13.0. The molecule has 0 bridgehead atoms. The van der Waals surface area contributed by atoms with Crippen LogP contribution < -0.4 is 10.0 Å². The highest BCUT2D eigenvalue weighted by molar-refractivity contribution is 7.89. The largest absolute Gasteiger partial charge is 0.464 e. The Morgan fingerprint density at radius 1 is 1.43 bits per heavy atom. The molecule has 2 N–H and O–H groups in total. The molecule has 0 unspecified atom stereocenters. The number of nitrogens with zero attached hydrogens (tertiary/aromatic N) is 2. The second-order valence-corrected chi connectivity index (χ2v) is 6.45. The maximum Gasteiger partial charge on any atom is 0.244 e. The molecule has 0 spiro atoms. The normalized spacial score (nSPS) is 11.9. The summed E-state index contributed by atoms with van der Waals surface area (Å²) in [5.74, 6) is 1.01. The summed E-state index contributed by atoms with van der Waals surface area (Å²) in [6.07, 6.45) is 5.94. The molecule has 0 aliphatic heterocycles. The van der Waals surface area contributed by atoms with Gasteiger partial charge in [0.2, 0.25) is 10.0 Å². The van der Waals surface area contributed by atoms with Gasteiger partial charge in [0.05, 0.1) is 12.9 Å². The summed E-state index contributed by atoms with van der Waals surface area (Å²) in [6, 6.07) is 1.56. The minimum Gasteiger partial charge on any atom is -0.464 e. The van der Waals surface area contributed by atoms with Crippen molar-refractivity contribution in [1.82, 2.24) is 19.6 Å². The van der Waals surface area contributed by atoms with Crippen LogP contribution in [0, 0.1) is 6.92 Å². The molecule has 0 fully saturated rings. The summed E-state index contributed by atoms with van der Waals surface area (Å²) in [4.78, 5) is 4.14. The summed E-state index contributed by atoms with van der Waals surface area (Å²) in [5.41, 5.74) is 0. The van der Waals surface area contributed by atoms with Gasteiger partial charge < -0.3 is 14.3 Å². The number of hydrogen-bond donors (Lipinski definition) is 2. The average molecular weight is 312 g/mol. The van der Waals surface area contributed by atoms with E-state index in [1.54, 1.807) is 32.6 Å². The van der Waals surface area contributed by atoms with Crippen molar-refractivity contribution >= 4 is 10.0 Å². The summed E-state index contributed by atoms with van der Waals surface area (Å²) >= 11 is 0. The average Bonchev–Trinajstić information content (AvgIpc) is 3.05. The maximum absolute atomic E-state index is 12.2. The predicted molar refractivity (Wildman–Crippen MR) is 78.2 cm³/mol. The van der Waals surface area contributed by atoms with Crippen molar-refractivity contribution in [2.45, 2.75) is 31.3 Å². The lowest BCUT2D eigenvalue weighted by molar-refractivity contribution is 0.465. The minimum absolute atomic E-state index is 0.204. The molecule has 0 radical (unpaired) electrons. The minimum atomic E-state index is -3.53. The molecule has 0 atom stereocenters. The molecule has 116 valence electrons. The second kappa shape index (κ2) is 6.88. The number of furan rings is 1. The van der Waals surface area contributed by atoms with E-state index < -0.39 is 10.0 Å². The second-order valence-electron chi connectivity index (χ2n) is 4.72. The van der Waals surface area contributed by atoms with E-state index in [0.717, 1.165) is 6.54 Å². The van der Waals surface area contributed by atoms with Crippen molar-refractivity contribution in [3.8, 4) is 0 Å². The highest BCUT2D eigenvalue weighted by atomic mass is 32.2. The number of aryl methyl sites for hydroxylation is 2. The number of rotatable bonds is 8. The van der Waals surface area contributed by atoms with Gasteiger partial charge in [-0.15, -0.1) is 0 Å². The summed E-state index contributed by atoms with van der Waals surface area (Å²) in [5, 5.41) is 2.93. The number of imidazole rings is 1. The molecule has 0 saturated heterocycles. The lowest BCUT2D eigenvalue weighted by Crippen LogP contribution is -2.25. The fourth-order valence-corrected chi connectivity index (χ4v) is 3.29. The van der Waals surface area contributed by atoms with Crippen molar-refractivity contribution in [3.05, 3.63) is 36.3 Å². The molecule has 7 nitrogen and oxygen atoms in total. The first kappa shape index (κ1) is 15.7. The lowest BCUT2D eigenvalue weighted by atomic mass is 10.4. The van der Waals surface area contributed by atoms with Crippen molar-refractivity contribution < 1.29 is 12.8 Å². The molecule has 8 heteroatoms. The number of hydrogen-bond acceptors (Lipinski definition) is 5. The van der Waals surface area contributed by atoms with E-state index in [9.17, 15) is 8.42 Å². The SMILES string of the molecule is CNCc1cc(S(=O)(=O)NCCCn2ccnc2)c(C)o1. The number of aromatic nitrogens is 2. The molecular weight excluding hydrogens is 292 g/mol. The summed E-state index contributed by atoms with van der Waals surface area (Å²) < 4.78 is 34.4. The first-order valence-electron chi connectivity index (χ1n) is 6.72. The molecule has 2 aromatic rings. The van der Waals surface area contributed by atoms with Gasteiger partial charge in [0.25, 0.3) is 0 Å². The Morgan fingerprint density at radius 2 is 2.24 bits per heavy atom. The van der Waals surface area contributed by atoms with Crippen LogP contribution in [0.1, 0.15) is 17.9 Å². The van der Waals surface area contributed by atoms with Crippen LogP contribution in [0.15, 0.2) is 34.1 Å². The summed E-state index contributed by atoms with van der Waals surface area (Å²) in [6.45, 7) is 3.24. The molecule has 0 aliphatic carbocycles. The Balaban J connectivity index is 1.91. The molecule has 2 rings (SSSR count). The van der Waals surface area contributed by atoms with E-state index in [0.29, 0.717) is 31.0 Å². The van der Waals surface area contributed by atoms with Gasteiger partial charge in [-0.25, -0.2) is 18.1 Å². The van der Waals surface area contributed by atoms with Crippen molar-refractivity contribution in [2.24, 2.45) is 0 Å². The van der Waals surface area contributed by atoms with Crippen LogP contribution in [-0.2, 0) is 23.1 Å². The van der Waals surface area contributed by atoms with Gasteiger partial charge in [0, 0.05) is 31.5 Å². The standard InChI is InChI=1S/C13H20N4O3S/c1-11-13(8-12(20-11)9-14-2)21(18,19)16-4-3-6-17-7-5-15-10-17/h5,7-8,10,14,16H,3-4,6,9H2,1-2H3. The molecule has 2 heterocycles. The smallest absolute Gasteiger partial charge is 0.244 e. The van der Waals surface area contributed by atoms with Crippen molar-refractivity contribution in [2.75, 3.05) is 13.6 Å². The molecule has 21 heavy (non-hydrogen) atoms. The third kappa shape index (κ3) is 4.16. The number of sulfonamides is 1. The van der Waals surface area contributed by atoms with Crippen molar-refractivity contribution in [1.29, 1.82) is 0 Å². The Kier molecular flexibility index (Phi) is 5.16. The van der Waals surface area contributed by atoms with Crippen LogP contribution >= 0.6 is 0 Å². The van der Waals surface area contributed by atoms with Crippen LogP contribution in [0.25, 0.3) is 0 Å². The van der Waals surface area contributed by atoms with Gasteiger partial charge >= 0.3 is 0 Å². The monoisotopic (exact) mass is 312 g/mol. The molecule has 0 aliphatic rings. The van der Waals surface area contributed by atoms with Gasteiger partial charge in [0.1, 0.15) is 16.4 Å². The molecule has 2 aromatic heterocycles. The van der Waals surface area contributed by atoms with E-state index in [2.05, 4.69) is 15.0 Å². The number of nitrogens with one attached hydrogen (secondary N) is 2. The fourth-order valence-electron chi connectivity index (χ4n) is 2.02. The molecule has 0 amide bonds. The zero-order chi connectivity index (χ0) is 15.3. The van der Waals surface area contributed by atoms with Crippen LogP contribution in [-0.4, -0.2) is 31.6 Å². The van der Waals surface area contributed by atoms with Gasteiger partial charge in [-0.3, -0.25) is 0 Å². The Hall–Kier alpha value is -1.64. The van der Waals surface area contributed by atoms with Crippen LogP contribution in [0.2, 0.25) is 0 Å². The van der Waals surface area contributed by atoms with E-state index in [4.69, 9.17) is 4.42 Å². The first-order valence-corrected chi connectivity index (χ1v) is 8.20. The molecule has 0 aromatic carbocycles. The van der Waals surface area contributed by atoms with Crippen LogP contribution in [0.3, 0.4) is 0 Å². The third-order valence-corrected chi connectivity index (χ3v) is 4.58. The highest BCUT2D eigenvalue weighted by Gasteiger charge is 2.20. The Bertz CT molecular complexity index is 662.